The second-order valence-electron chi connectivity index (χ2n) is 7.53. The van der Waals surface area contributed by atoms with Crippen LogP contribution >= 0.6 is 0 Å². The van der Waals surface area contributed by atoms with Gasteiger partial charge in [0.1, 0.15) is 0 Å². The van der Waals surface area contributed by atoms with Crippen LogP contribution in [0.25, 0.3) is 5.52 Å². The highest BCUT2D eigenvalue weighted by Gasteiger charge is 2.28. The Kier molecular flexibility index (Phi) is 4.86. The number of amides is 2. The van der Waals surface area contributed by atoms with Crippen LogP contribution in [0, 0.1) is 5.92 Å². The van der Waals surface area contributed by atoms with Crippen LogP contribution in [0.2, 0.25) is 0 Å². The fourth-order valence-corrected chi connectivity index (χ4v) is 3.60. The minimum atomic E-state index is -0.270. The van der Waals surface area contributed by atoms with E-state index in [1.54, 1.807) is 15.5 Å². The number of carbonyl (C=O) groups excluding carboxylic acids is 2. The molecule has 0 aliphatic carbocycles. The van der Waals surface area contributed by atoms with Gasteiger partial charge in [0.25, 0.3) is 11.8 Å². The topological polar surface area (TPSA) is 66.7 Å². The number of anilines is 1. The summed E-state index contributed by atoms with van der Waals surface area (Å²) >= 11 is 0. The van der Waals surface area contributed by atoms with Gasteiger partial charge in [0.15, 0.2) is 5.69 Å². The fraction of sp³-hybridized carbons (Fsp3) is 0.318. The second-order valence-corrected chi connectivity index (χ2v) is 7.53. The zero-order valence-corrected chi connectivity index (χ0v) is 16.2. The number of nitrogens with one attached hydrogen (secondary N) is 1. The van der Waals surface area contributed by atoms with Gasteiger partial charge >= 0.3 is 0 Å². The molecule has 2 aromatic heterocycles. The van der Waals surface area contributed by atoms with Gasteiger partial charge in [0.05, 0.1) is 5.52 Å². The lowest BCUT2D eigenvalue weighted by atomic mass is 10.0. The fourth-order valence-electron chi connectivity index (χ4n) is 3.60. The standard InChI is InChI=1S/C22H24N4O2/c1-15(2)14-23-21(27)20-24-19(18-11-5-6-12-25(18)20)22(28)26-13-7-9-16-8-3-4-10-17(16)26/h3-6,8,10-12,15H,7,9,13-14H2,1-2H3,(H,23,27). The van der Waals surface area contributed by atoms with E-state index in [4.69, 9.17) is 0 Å². The number of imidazole rings is 1. The minimum absolute atomic E-state index is 0.168. The maximum Gasteiger partial charge on any atom is 0.287 e. The molecule has 0 atom stereocenters. The summed E-state index contributed by atoms with van der Waals surface area (Å²) in [5, 5.41) is 2.89. The maximum absolute atomic E-state index is 13.4. The Morgan fingerprint density at radius 3 is 2.75 bits per heavy atom. The van der Waals surface area contributed by atoms with Crippen LogP contribution in [0.15, 0.2) is 48.7 Å². The smallest absolute Gasteiger partial charge is 0.287 e. The molecule has 0 spiro atoms. The van der Waals surface area contributed by atoms with Crippen LogP contribution in [0.4, 0.5) is 5.69 Å². The van der Waals surface area contributed by atoms with Crippen molar-refractivity contribution in [2.45, 2.75) is 26.7 Å². The van der Waals surface area contributed by atoms with Crippen molar-refractivity contribution in [1.29, 1.82) is 0 Å². The van der Waals surface area contributed by atoms with E-state index < -0.39 is 0 Å². The van der Waals surface area contributed by atoms with Crippen molar-refractivity contribution in [3.63, 3.8) is 0 Å². The molecule has 6 nitrogen and oxygen atoms in total. The quantitative estimate of drug-likeness (QED) is 0.760. The van der Waals surface area contributed by atoms with Crippen molar-refractivity contribution >= 4 is 23.0 Å². The van der Waals surface area contributed by atoms with Crippen LogP contribution < -0.4 is 10.2 Å². The van der Waals surface area contributed by atoms with E-state index in [-0.39, 0.29) is 17.6 Å². The molecular formula is C22H24N4O2. The number of carbonyl (C=O) groups is 2. The highest BCUT2D eigenvalue weighted by Crippen LogP contribution is 2.29. The van der Waals surface area contributed by atoms with E-state index in [1.807, 2.05) is 50.2 Å². The Morgan fingerprint density at radius 1 is 1.14 bits per heavy atom. The molecular weight excluding hydrogens is 352 g/mol. The Bertz CT molecular complexity index is 1040. The molecule has 2 amide bonds. The largest absolute Gasteiger partial charge is 0.349 e. The molecule has 0 radical (unpaired) electrons. The number of hydrogen-bond donors (Lipinski definition) is 1. The molecule has 0 fully saturated rings. The van der Waals surface area contributed by atoms with Gasteiger partial charge in [0, 0.05) is 25.0 Å². The van der Waals surface area contributed by atoms with Crippen LogP contribution in [-0.2, 0) is 6.42 Å². The van der Waals surface area contributed by atoms with Crippen LogP contribution in [0.5, 0.6) is 0 Å². The molecule has 1 N–H and O–H groups in total. The molecule has 3 heterocycles. The summed E-state index contributed by atoms with van der Waals surface area (Å²) in [6, 6.07) is 13.5. The number of hydrogen-bond acceptors (Lipinski definition) is 3. The second kappa shape index (κ2) is 7.46. The summed E-state index contributed by atoms with van der Waals surface area (Å²) in [6.07, 6.45) is 3.65. The van der Waals surface area contributed by atoms with Crippen molar-refractivity contribution in [1.82, 2.24) is 14.7 Å². The number of fused-ring (bicyclic) bond motifs is 2. The predicted molar refractivity (Wildman–Crippen MR) is 109 cm³/mol. The Balaban J connectivity index is 1.74. The summed E-state index contributed by atoms with van der Waals surface area (Å²) in [7, 11) is 0. The van der Waals surface area contributed by atoms with Crippen molar-refractivity contribution in [3.05, 3.63) is 65.7 Å². The molecule has 1 aliphatic rings. The first-order chi connectivity index (χ1) is 13.6. The zero-order valence-electron chi connectivity index (χ0n) is 16.2. The lowest BCUT2D eigenvalue weighted by Crippen LogP contribution is -2.36. The van der Waals surface area contributed by atoms with Crippen LogP contribution in [0.1, 0.15) is 46.9 Å². The highest BCUT2D eigenvalue weighted by atomic mass is 16.2. The van der Waals surface area contributed by atoms with E-state index in [0.29, 0.717) is 30.2 Å². The number of para-hydroxylation sites is 1. The molecule has 0 saturated carbocycles. The van der Waals surface area contributed by atoms with Crippen molar-refractivity contribution < 1.29 is 9.59 Å². The van der Waals surface area contributed by atoms with Crippen LogP contribution in [0.3, 0.4) is 0 Å². The minimum Gasteiger partial charge on any atom is -0.349 e. The maximum atomic E-state index is 13.4. The molecule has 1 aliphatic heterocycles. The van der Waals surface area contributed by atoms with Crippen molar-refractivity contribution in [2.75, 3.05) is 18.0 Å². The average Bonchev–Trinajstić information content (AvgIpc) is 3.11. The summed E-state index contributed by atoms with van der Waals surface area (Å²) in [4.78, 5) is 32.3. The van der Waals surface area contributed by atoms with E-state index in [9.17, 15) is 9.59 Å². The van der Waals surface area contributed by atoms with Gasteiger partial charge in [-0.3, -0.25) is 14.0 Å². The van der Waals surface area contributed by atoms with Gasteiger partial charge in [-0.05, 0) is 42.5 Å². The van der Waals surface area contributed by atoms with Crippen LogP contribution in [-0.4, -0.2) is 34.3 Å². The van der Waals surface area contributed by atoms with Gasteiger partial charge in [0.2, 0.25) is 5.82 Å². The summed E-state index contributed by atoms with van der Waals surface area (Å²) in [6.45, 7) is 5.28. The molecule has 0 unspecified atom stereocenters. The molecule has 6 heteroatoms. The molecule has 4 rings (SSSR count). The van der Waals surface area contributed by atoms with E-state index in [0.717, 1.165) is 18.5 Å². The third kappa shape index (κ3) is 3.26. The van der Waals surface area contributed by atoms with Crippen molar-refractivity contribution in [2.24, 2.45) is 5.92 Å². The molecule has 28 heavy (non-hydrogen) atoms. The van der Waals surface area contributed by atoms with E-state index >= 15 is 0 Å². The molecule has 0 saturated heterocycles. The number of nitrogens with zero attached hydrogens (tertiary/aromatic N) is 3. The van der Waals surface area contributed by atoms with Gasteiger partial charge in [-0.15, -0.1) is 0 Å². The number of rotatable bonds is 4. The van der Waals surface area contributed by atoms with E-state index in [1.165, 1.54) is 5.56 Å². The van der Waals surface area contributed by atoms with Gasteiger partial charge in [-0.25, -0.2) is 4.98 Å². The summed E-state index contributed by atoms with van der Waals surface area (Å²) < 4.78 is 1.69. The number of benzene rings is 1. The number of aromatic nitrogens is 2. The Hall–Kier alpha value is -3.15. The average molecular weight is 376 g/mol. The van der Waals surface area contributed by atoms with Gasteiger partial charge in [-0.1, -0.05) is 38.1 Å². The first-order valence-electron chi connectivity index (χ1n) is 9.71. The number of pyridine rings is 1. The summed E-state index contributed by atoms with van der Waals surface area (Å²) in [5.41, 5.74) is 3.06. The lowest BCUT2D eigenvalue weighted by molar-refractivity contribution is 0.0938. The summed E-state index contributed by atoms with van der Waals surface area (Å²) in [5.74, 6) is 0.137. The molecule has 1 aromatic carbocycles. The Labute approximate surface area is 164 Å². The molecule has 144 valence electrons. The lowest BCUT2D eigenvalue weighted by Gasteiger charge is -2.28. The zero-order chi connectivity index (χ0) is 19.7. The van der Waals surface area contributed by atoms with Gasteiger partial charge < -0.3 is 10.2 Å². The van der Waals surface area contributed by atoms with Crippen molar-refractivity contribution in [3.8, 4) is 0 Å². The molecule has 3 aromatic rings. The van der Waals surface area contributed by atoms with E-state index in [2.05, 4.69) is 16.4 Å². The first kappa shape index (κ1) is 18.2. The van der Waals surface area contributed by atoms with Gasteiger partial charge in [-0.2, -0.15) is 0 Å². The third-order valence-corrected chi connectivity index (χ3v) is 4.98. The highest BCUT2D eigenvalue weighted by molar-refractivity contribution is 6.10. The third-order valence-electron chi connectivity index (χ3n) is 4.98. The monoisotopic (exact) mass is 376 g/mol. The molecule has 0 bridgehead atoms. The SMILES string of the molecule is CC(C)CNC(=O)c1nc(C(=O)N2CCCc3ccccc32)c2ccccn12. The first-order valence-corrected chi connectivity index (χ1v) is 9.71. The Morgan fingerprint density at radius 2 is 1.93 bits per heavy atom. The number of aryl methyl sites for hydroxylation is 1. The normalized spacial score (nSPS) is 13.6. The predicted octanol–water partition coefficient (Wildman–Crippen LogP) is 3.31.